The highest BCUT2D eigenvalue weighted by molar-refractivity contribution is 5.76. The largest absolute Gasteiger partial charge is 0.489 e. The number of aliphatic hydroxyl groups is 1. The second-order valence-electron chi connectivity index (χ2n) is 7.08. The molecule has 0 saturated heterocycles. The number of carbonyl (C=O) groups is 1. The van der Waals surface area contributed by atoms with Gasteiger partial charge < -0.3 is 19.3 Å². The van der Waals surface area contributed by atoms with Crippen LogP contribution in [0.5, 0.6) is 5.75 Å². The van der Waals surface area contributed by atoms with Gasteiger partial charge in [-0.05, 0) is 47.7 Å². The van der Waals surface area contributed by atoms with Gasteiger partial charge in [0, 0.05) is 0 Å². The molecular weight excluding hydrogens is 392 g/mol. The highest BCUT2D eigenvalue weighted by atomic mass is 16.5. The van der Waals surface area contributed by atoms with E-state index in [-0.39, 0.29) is 6.61 Å². The van der Waals surface area contributed by atoms with Gasteiger partial charge in [0.15, 0.2) is 6.10 Å². The summed E-state index contributed by atoms with van der Waals surface area (Å²) in [6.07, 6.45) is -0.743. The van der Waals surface area contributed by atoms with E-state index in [2.05, 4.69) is 0 Å². The number of benzene rings is 3. The van der Waals surface area contributed by atoms with Crippen LogP contribution in [0.4, 0.5) is 0 Å². The van der Waals surface area contributed by atoms with Gasteiger partial charge in [-0.1, -0.05) is 66.7 Å². The molecule has 0 bridgehead atoms. The Bertz CT molecular complexity index is 941. The number of ether oxygens (including phenoxy) is 3. The van der Waals surface area contributed by atoms with E-state index in [1.807, 2.05) is 60.7 Å². The van der Waals surface area contributed by atoms with Gasteiger partial charge in [0.05, 0.1) is 19.8 Å². The molecule has 0 spiro atoms. The highest BCUT2D eigenvalue weighted by Crippen LogP contribution is 2.26. The third-order valence-corrected chi connectivity index (χ3v) is 4.77. The summed E-state index contributed by atoms with van der Waals surface area (Å²) in [7, 11) is 0. The quantitative estimate of drug-likeness (QED) is 0.362. The van der Waals surface area contributed by atoms with E-state index >= 15 is 0 Å². The second-order valence-corrected chi connectivity index (χ2v) is 7.08. The second kappa shape index (κ2) is 11.9. The fourth-order valence-electron chi connectivity index (χ4n) is 3.14. The molecule has 0 radical (unpaired) electrons. The maximum absolute atomic E-state index is 11.9. The number of aliphatic hydroxyl groups excluding tert-OH is 1. The predicted molar refractivity (Wildman–Crippen MR) is 119 cm³/mol. The van der Waals surface area contributed by atoms with Crippen molar-refractivity contribution in [3.05, 3.63) is 101 Å². The maximum Gasteiger partial charge on any atom is 0.339 e. The number of esters is 1. The Kier molecular flexibility index (Phi) is 8.64. The van der Waals surface area contributed by atoms with Crippen LogP contribution in [0, 0.1) is 0 Å². The molecule has 1 atom stereocenters. The molecule has 0 aliphatic heterocycles. The normalized spacial score (nSPS) is 11.7. The number of carbonyl (C=O) groups excluding carboxylic acids is 1. The molecule has 3 aromatic carbocycles. The van der Waals surface area contributed by atoms with Crippen molar-refractivity contribution >= 4 is 5.97 Å². The fourth-order valence-corrected chi connectivity index (χ4v) is 3.14. The number of hydrogen-bond acceptors (Lipinski definition) is 5. The molecule has 162 valence electrons. The Morgan fingerprint density at radius 2 is 1.55 bits per heavy atom. The van der Waals surface area contributed by atoms with Crippen molar-refractivity contribution in [2.75, 3.05) is 13.2 Å². The van der Waals surface area contributed by atoms with Gasteiger partial charge in [-0.25, -0.2) is 4.79 Å². The first-order valence-electron chi connectivity index (χ1n) is 10.4. The van der Waals surface area contributed by atoms with Crippen LogP contribution in [0.3, 0.4) is 0 Å². The van der Waals surface area contributed by atoms with Crippen molar-refractivity contribution in [3.63, 3.8) is 0 Å². The molecule has 0 fully saturated rings. The standard InChI is InChI=1S/C26H28O5/c1-2-30-26(28)25(27)23-13-14-24(31-19-21-11-7-4-8-12-21)22(17-23)15-16-29-18-20-9-5-3-6-10-20/h3-14,17,25,27H,2,15-16,18-19H2,1H3. The third kappa shape index (κ3) is 6.95. The molecular formula is C26H28O5. The van der Waals surface area contributed by atoms with E-state index in [9.17, 15) is 9.90 Å². The van der Waals surface area contributed by atoms with Gasteiger partial charge in [0.1, 0.15) is 12.4 Å². The van der Waals surface area contributed by atoms with Crippen LogP contribution in [0.2, 0.25) is 0 Å². The first kappa shape index (κ1) is 22.5. The van der Waals surface area contributed by atoms with Crippen LogP contribution < -0.4 is 4.74 Å². The van der Waals surface area contributed by atoms with E-state index in [0.717, 1.165) is 16.7 Å². The highest BCUT2D eigenvalue weighted by Gasteiger charge is 2.20. The number of hydrogen-bond donors (Lipinski definition) is 1. The summed E-state index contributed by atoms with van der Waals surface area (Å²) in [5, 5.41) is 10.3. The van der Waals surface area contributed by atoms with Gasteiger partial charge in [-0.15, -0.1) is 0 Å². The van der Waals surface area contributed by atoms with Crippen LogP contribution in [0.1, 0.15) is 35.3 Å². The van der Waals surface area contributed by atoms with Crippen LogP contribution in [-0.4, -0.2) is 24.3 Å². The average Bonchev–Trinajstić information content (AvgIpc) is 2.82. The molecule has 5 heteroatoms. The van der Waals surface area contributed by atoms with Crippen LogP contribution in [0.25, 0.3) is 0 Å². The Labute approximate surface area is 183 Å². The first-order valence-corrected chi connectivity index (χ1v) is 10.4. The fraction of sp³-hybridized carbons (Fsp3) is 0.269. The molecule has 5 nitrogen and oxygen atoms in total. The van der Waals surface area contributed by atoms with Crippen molar-refractivity contribution in [2.45, 2.75) is 32.7 Å². The minimum absolute atomic E-state index is 0.217. The summed E-state index contributed by atoms with van der Waals surface area (Å²) in [4.78, 5) is 11.9. The van der Waals surface area contributed by atoms with Crippen molar-refractivity contribution in [1.82, 2.24) is 0 Å². The molecule has 3 aromatic rings. The zero-order valence-electron chi connectivity index (χ0n) is 17.7. The molecule has 0 aromatic heterocycles. The SMILES string of the molecule is CCOC(=O)C(O)c1ccc(OCc2ccccc2)c(CCOCc2ccccc2)c1. The van der Waals surface area contributed by atoms with Gasteiger partial charge in [0.25, 0.3) is 0 Å². The number of rotatable bonds is 11. The molecule has 31 heavy (non-hydrogen) atoms. The molecule has 0 aliphatic carbocycles. The van der Waals surface area contributed by atoms with E-state index < -0.39 is 12.1 Å². The molecule has 1 unspecified atom stereocenters. The van der Waals surface area contributed by atoms with Gasteiger partial charge in [0.2, 0.25) is 0 Å². The lowest BCUT2D eigenvalue weighted by molar-refractivity contribution is -0.153. The Morgan fingerprint density at radius 1 is 0.903 bits per heavy atom. The minimum Gasteiger partial charge on any atom is -0.489 e. The molecule has 3 rings (SSSR count). The molecule has 0 aliphatic rings. The van der Waals surface area contributed by atoms with Crippen molar-refractivity contribution in [2.24, 2.45) is 0 Å². The summed E-state index contributed by atoms with van der Waals surface area (Å²) in [5.41, 5.74) is 3.51. The summed E-state index contributed by atoms with van der Waals surface area (Å²) in [6.45, 7) is 3.36. The van der Waals surface area contributed by atoms with Crippen LogP contribution in [0.15, 0.2) is 78.9 Å². The lowest BCUT2D eigenvalue weighted by atomic mass is 10.0. The summed E-state index contributed by atoms with van der Waals surface area (Å²) in [5.74, 6) is 0.0405. The van der Waals surface area contributed by atoms with Crippen molar-refractivity contribution in [3.8, 4) is 5.75 Å². The smallest absolute Gasteiger partial charge is 0.339 e. The van der Waals surface area contributed by atoms with Gasteiger partial charge >= 0.3 is 5.97 Å². The van der Waals surface area contributed by atoms with Gasteiger partial charge in [-0.3, -0.25) is 0 Å². The lowest BCUT2D eigenvalue weighted by Crippen LogP contribution is -2.16. The predicted octanol–water partition coefficient (Wildman–Crippen LogP) is 4.62. The average molecular weight is 421 g/mol. The zero-order chi connectivity index (χ0) is 21.9. The zero-order valence-corrected chi connectivity index (χ0v) is 17.7. The maximum atomic E-state index is 11.9. The minimum atomic E-state index is -1.33. The summed E-state index contributed by atoms with van der Waals surface area (Å²) < 4.78 is 16.8. The molecule has 0 heterocycles. The van der Waals surface area contributed by atoms with Crippen LogP contribution in [-0.2, 0) is 33.9 Å². The van der Waals surface area contributed by atoms with E-state index in [4.69, 9.17) is 14.2 Å². The lowest BCUT2D eigenvalue weighted by Gasteiger charge is -2.16. The molecule has 0 saturated carbocycles. The van der Waals surface area contributed by atoms with E-state index in [1.54, 1.807) is 25.1 Å². The van der Waals surface area contributed by atoms with Crippen LogP contribution >= 0.6 is 0 Å². The first-order chi connectivity index (χ1) is 15.2. The van der Waals surface area contributed by atoms with Crippen molar-refractivity contribution < 1.29 is 24.1 Å². The molecule has 0 amide bonds. The van der Waals surface area contributed by atoms with Gasteiger partial charge in [-0.2, -0.15) is 0 Å². The summed E-state index contributed by atoms with van der Waals surface area (Å²) >= 11 is 0. The van der Waals surface area contributed by atoms with Crippen molar-refractivity contribution in [1.29, 1.82) is 0 Å². The molecule has 1 N–H and O–H groups in total. The Hall–Kier alpha value is -3.15. The monoisotopic (exact) mass is 420 g/mol. The third-order valence-electron chi connectivity index (χ3n) is 4.77. The topological polar surface area (TPSA) is 65.0 Å². The van der Waals surface area contributed by atoms with E-state index in [0.29, 0.717) is 37.6 Å². The summed E-state index contributed by atoms with van der Waals surface area (Å²) in [6, 6.07) is 25.1. The Balaban J connectivity index is 1.69. The Morgan fingerprint density at radius 3 is 2.19 bits per heavy atom. The van der Waals surface area contributed by atoms with E-state index in [1.165, 1.54) is 0 Å².